The van der Waals surface area contributed by atoms with E-state index in [-0.39, 0.29) is 11.6 Å². The summed E-state index contributed by atoms with van der Waals surface area (Å²) < 4.78 is 10.8. The van der Waals surface area contributed by atoms with Crippen molar-refractivity contribution in [2.75, 3.05) is 7.11 Å². The molecular weight excluding hydrogens is 352 g/mol. The highest BCUT2D eigenvalue weighted by Gasteiger charge is 2.15. The van der Waals surface area contributed by atoms with Gasteiger partial charge in [0.1, 0.15) is 17.3 Å². The van der Waals surface area contributed by atoms with Crippen LogP contribution in [0.25, 0.3) is 11.3 Å². The molecule has 9 heteroatoms. The Morgan fingerprint density at radius 2 is 2.04 bits per heavy atom. The molecule has 3 aromatic rings. The number of nitro groups is 1. The van der Waals surface area contributed by atoms with Crippen molar-refractivity contribution in [3.8, 4) is 17.1 Å². The number of rotatable bonds is 6. The van der Waals surface area contributed by atoms with Crippen molar-refractivity contribution in [3.05, 3.63) is 76.3 Å². The third-order valence-corrected chi connectivity index (χ3v) is 3.59. The Bertz CT molecular complexity index is 998. The van der Waals surface area contributed by atoms with Gasteiger partial charge in [-0.3, -0.25) is 19.9 Å². The van der Waals surface area contributed by atoms with E-state index in [1.807, 2.05) is 0 Å². The number of pyridine rings is 1. The third-order valence-electron chi connectivity index (χ3n) is 3.59. The number of benzene rings is 1. The van der Waals surface area contributed by atoms with Crippen molar-refractivity contribution < 1.29 is 18.9 Å². The lowest BCUT2D eigenvalue weighted by Crippen LogP contribution is -2.17. The van der Waals surface area contributed by atoms with Crippen LogP contribution < -0.4 is 10.2 Å². The van der Waals surface area contributed by atoms with E-state index in [2.05, 4.69) is 15.5 Å². The van der Waals surface area contributed by atoms with Crippen LogP contribution in [0.4, 0.5) is 5.69 Å². The number of hydrogen-bond donors (Lipinski definition) is 1. The fraction of sp³-hybridized carbons (Fsp3) is 0.0556. The highest BCUT2D eigenvalue weighted by Crippen LogP contribution is 2.34. The second-order valence-corrected chi connectivity index (χ2v) is 5.28. The number of aromatic nitrogens is 1. The first-order chi connectivity index (χ1) is 13.1. The molecule has 0 aliphatic rings. The van der Waals surface area contributed by atoms with Crippen LogP contribution in [-0.4, -0.2) is 29.1 Å². The number of hydrazone groups is 1. The smallest absolute Gasteiger partial charge is 0.271 e. The second kappa shape index (κ2) is 7.91. The quantitative estimate of drug-likeness (QED) is 0.407. The Labute approximate surface area is 153 Å². The van der Waals surface area contributed by atoms with Gasteiger partial charge < -0.3 is 9.15 Å². The van der Waals surface area contributed by atoms with Crippen LogP contribution in [0, 0.1) is 10.1 Å². The van der Waals surface area contributed by atoms with Gasteiger partial charge in [0.2, 0.25) is 0 Å². The number of methoxy groups -OCH3 is 1. The van der Waals surface area contributed by atoms with Crippen LogP contribution in [0.2, 0.25) is 0 Å². The molecule has 0 atom stereocenters. The maximum Gasteiger partial charge on any atom is 0.271 e. The zero-order valence-corrected chi connectivity index (χ0v) is 14.2. The second-order valence-electron chi connectivity index (χ2n) is 5.28. The molecule has 1 aromatic carbocycles. The van der Waals surface area contributed by atoms with Crippen molar-refractivity contribution in [1.29, 1.82) is 0 Å². The summed E-state index contributed by atoms with van der Waals surface area (Å²) in [6.45, 7) is 0. The van der Waals surface area contributed by atoms with Gasteiger partial charge in [-0.05, 0) is 30.3 Å². The zero-order valence-electron chi connectivity index (χ0n) is 14.2. The predicted octanol–water partition coefficient (Wildman–Crippen LogP) is 3.02. The Kier molecular flexibility index (Phi) is 5.22. The highest BCUT2D eigenvalue weighted by molar-refractivity contribution is 5.94. The summed E-state index contributed by atoms with van der Waals surface area (Å²) in [5.41, 5.74) is 3.15. The molecule has 0 saturated carbocycles. The van der Waals surface area contributed by atoms with E-state index in [4.69, 9.17) is 9.15 Å². The average Bonchev–Trinajstić information content (AvgIpc) is 3.16. The van der Waals surface area contributed by atoms with Crippen molar-refractivity contribution >= 4 is 17.8 Å². The largest absolute Gasteiger partial charge is 0.496 e. The molecule has 0 aliphatic carbocycles. The van der Waals surface area contributed by atoms with Gasteiger partial charge in [0.15, 0.2) is 0 Å². The van der Waals surface area contributed by atoms with E-state index in [1.54, 1.807) is 24.3 Å². The fourth-order valence-electron chi connectivity index (χ4n) is 2.29. The molecule has 0 fully saturated rings. The number of nitrogens with zero attached hydrogens (tertiary/aromatic N) is 3. The van der Waals surface area contributed by atoms with Crippen LogP contribution in [-0.2, 0) is 0 Å². The summed E-state index contributed by atoms with van der Waals surface area (Å²) in [7, 11) is 1.46. The van der Waals surface area contributed by atoms with E-state index < -0.39 is 4.92 Å². The third kappa shape index (κ3) is 4.15. The van der Waals surface area contributed by atoms with Crippen LogP contribution in [0.5, 0.6) is 5.75 Å². The minimum absolute atomic E-state index is 0.0815. The van der Waals surface area contributed by atoms with Crippen molar-refractivity contribution in [2.24, 2.45) is 5.10 Å². The lowest BCUT2D eigenvalue weighted by atomic mass is 10.1. The first-order valence-electron chi connectivity index (χ1n) is 7.74. The molecule has 0 spiro atoms. The number of ether oxygens (including phenoxy) is 1. The molecule has 0 saturated heterocycles. The van der Waals surface area contributed by atoms with Gasteiger partial charge >= 0.3 is 0 Å². The van der Waals surface area contributed by atoms with Gasteiger partial charge in [-0.2, -0.15) is 5.10 Å². The molecule has 0 unspecified atom stereocenters. The molecule has 1 N–H and O–H groups in total. The number of nitrogens with one attached hydrogen (secondary N) is 1. The van der Waals surface area contributed by atoms with E-state index in [0.29, 0.717) is 28.4 Å². The molecule has 136 valence electrons. The van der Waals surface area contributed by atoms with Gasteiger partial charge in [-0.15, -0.1) is 0 Å². The maximum absolute atomic E-state index is 11.9. The van der Waals surface area contributed by atoms with Crippen molar-refractivity contribution in [1.82, 2.24) is 10.4 Å². The molecule has 2 heterocycles. The van der Waals surface area contributed by atoms with Crippen molar-refractivity contribution in [3.63, 3.8) is 0 Å². The SMILES string of the molecule is COc1ccc([N+](=O)[O-])cc1-c1ccc(/C=N\NC(=O)c2ccncc2)o1. The molecule has 2 aromatic heterocycles. The Hall–Kier alpha value is -4.01. The van der Waals surface area contributed by atoms with Gasteiger partial charge in [0.25, 0.3) is 11.6 Å². The lowest BCUT2D eigenvalue weighted by molar-refractivity contribution is -0.384. The monoisotopic (exact) mass is 366 g/mol. The normalized spacial score (nSPS) is 10.7. The molecule has 0 radical (unpaired) electrons. The summed E-state index contributed by atoms with van der Waals surface area (Å²) in [5, 5.41) is 14.8. The molecule has 3 rings (SSSR count). The summed E-state index contributed by atoms with van der Waals surface area (Å²) in [6, 6.07) is 10.6. The van der Waals surface area contributed by atoms with Gasteiger partial charge in [-0.25, -0.2) is 5.43 Å². The number of carbonyl (C=O) groups excluding carboxylic acids is 1. The summed E-state index contributed by atoms with van der Waals surface area (Å²) >= 11 is 0. The van der Waals surface area contributed by atoms with Gasteiger partial charge in [0, 0.05) is 30.1 Å². The van der Waals surface area contributed by atoms with Crippen LogP contribution in [0.3, 0.4) is 0 Å². The Morgan fingerprint density at radius 1 is 1.26 bits per heavy atom. The number of carbonyl (C=O) groups is 1. The van der Waals surface area contributed by atoms with E-state index >= 15 is 0 Å². The summed E-state index contributed by atoms with van der Waals surface area (Å²) in [4.78, 5) is 26.2. The zero-order chi connectivity index (χ0) is 19.2. The predicted molar refractivity (Wildman–Crippen MR) is 96.6 cm³/mol. The molecule has 0 bridgehead atoms. The number of furan rings is 1. The number of non-ortho nitro benzene ring substituents is 1. The van der Waals surface area contributed by atoms with E-state index in [1.165, 1.54) is 43.9 Å². The first-order valence-corrected chi connectivity index (χ1v) is 7.74. The van der Waals surface area contributed by atoms with E-state index in [0.717, 1.165) is 0 Å². The van der Waals surface area contributed by atoms with Gasteiger partial charge in [-0.1, -0.05) is 0 Å². The van der Waals surface area contributed by atoms with Gasteiger partial charge in [0.05, 0.1) is 23.8 Å². The number of nitro benzene ring substituents is 1. The molecule has 1 amide bonds. The van der Waals surface area contributed by atoms with E-state index in [9.17, 15) is 14.9 Å². The number of hydrogen-bond acceptors (Lipinski definition) is 7. The molecular formula is C18H14N4O5. The lowest BCUT2D eigenvalue weighted by Gasteiger charge is -2.05. The topological polar surface area (TPSA) is 120 Å². The van der Waals surface area contributed by atoms with Crippen LogP contribution >= 0.6 is 0 Å². The summed E-state index contributed by atoms with van der Waals surface area (Å²) in [6.07, 6.45) is 4.33. The minimum atomic E-state index is -0.497. The highest BCUT2D eigenvalue weighted by atomic mass is 16.6. The van der Waals surface area contributed by atoms with Crippen LogP contribution in [0.1, 0.15) is 16.1 Å². The summed E-state index contributed by atoms with van der Waals surface area (Å²) in [5.74, 6) is 0.774. The first kappa shape index (κ1) is 17.8. The number of amides is 1. The molecule has 9 nitrogen and oxygen atoms in total. The van der Waals surface area contributed by atoms with Crippen LogP contribution in [0.15, 0.2) is 64.4 Å². The molecule has 0 aliphatic heterocycles. The maximum atomic E-state index is 11.9. The Balaban J connectivity index is 1.76. The molecule has 27 heavy (non-hydrogen) atoms. The van der Waals surface area contributed by atoms with Crippen molar-refractivity contribution in [2.45, 2.75) is 0 Å². The fourth-order valence-corrected chi connectivity index (χ4v) is 2.29. The Morgan fingerprint density at radius 3 is 2.74 bits per heavy atom. The standard InChI is InChI=1S/C18H14N4O5/c1-26-16-4-2-13(22(24)25)10-15(16)17-5-3-14(27-17)11-20-21-18(23)12-6-8-19-9-7-12/h2-11H,1H3,(H,21,23)/b20-11-. The minimum Gasteiger partial charge on any atom is -0.496 e. The average molecular weight is 366 g/mol.